The summed E-state index contributed by atoms with van der Waals surface area (Å²) in [5, 5.41) is 7.49. The van der Waals surface area contributed by atoms with Gasteiger partial charge in [0.1, 0.15) is 16.5 Å². The van der Waals surface area contributed by atoms with E-state index in [9.17, 15) is 4.79 Å². The molecule has 28 heavy (non-hydrogen) atoms. The second-order valence-electron chi connectivity index (χ2n) is 6.92. The van der Waals surface area contributed by atoms with Crippen LogP contribution in [-0.4, -0.2) is 22.4 Å². The van der Waals surface area contributed by atoms with Crippen LogP contribution in [0.25, 0.3) is 10.2 Å². The first-order valence-corrected chi connectivity index (χ1v) is 10.8. The van der Waals surface area contributed by atoms with E-state index in [4.69, 9.17) is 0 Å². The van der Waals surface area contributed by atoms with Gasteiger partial charge >= 0.3 is 0 Å². The SMILES string of the molecule is CCCCCNC(=O)c1ccc(CNc2nc(C)nc3sc(CC)cc23)cc1. The number of thiophene rings is 1. The topological polar surface area (TPSA) is 66.9 Å². The summed E-state index contributed by atoms with van der Waals surface area (Å²) in [5.74, 6) is 1.64. The number of nitrogens with zero attached hydrogens (tertiary/aromatic N) is 2. The molecule has 0 radical (unpaired) electrons. The van der Waals surface area contributed by atoms with Gasteiger partial charge in [0.25, 0.3) is 5.91 Å². The van der Waals surface area contributed by atoms with Gasteiger partial charge in [-0.2, -0.15) is 0 Å². The van der Waals surface area contributed by atoms with Gasteiger partial charge < -0.3 is 10.6 Å². The lowest BCUT2D eigenvalue weighted by molar-refractivity contribution is 0.0953. The second-order valence-corrected chi connectivity index (χ2v) is 8.03. The molecule has 2 aromatic heterocycles. The number of carbonyl (C=O) groups is 1. The van der Waals surface area contributed by atoms with Crippen molar-refractivity contribution in [1.29, 1.82) is 0 Å². The minimum Gasteiger partial charge on any atom is -0.365 e. The molecule has 5 nitrogen and oxygen atoms in total. The van der Waals surface area contributed by atoms with Gasteiger partial charge in [-0.3, -0.25) is 4.79 Å². The van der Waals surface area contributed by atoms with E-state index in [1.54, 1.807) is 11.3 Å². The van der Waals surface area contributed by atoms with E-state index in [1.807, 2.05) is 31.2 Å². The van der Waals surface area contributed by atoms with Crippen LogP contribution in [0.15, 0.2) is 30.3 Å². The fourth-order valence-corrected chi connectivity index (χ4v) is 4.04. The van der Waals surface area contributed by atoms with E-state index in [2.05, 4.69) is 40.5 Å². The molecule has 2 N–H and O–H groups in total. The van der Waals surface area contributed by atoms with Gasteiger partial charge in [0.15, 0.2) is 0 Å². The maximum absolute atomic E-state index is 12.2. The van der Waals surface area contributed by atoms with Crippen LogP contribution in [0.3, 0.4) is 0 Å². The first-order chi connectivity index (χ1) is 13.6. The number of hydrogen-bond donors (Lipinski definition) is 2. The molecule has 3 aromatic rings. The lowest BCUT2D eigenvalue weighted by Gasteiger charge is -2.09. The Morgan fingerprint density at radius 3 is 2.61 bits per heavy atom. The number of carbonyl (C=O) groups excluding carboxylic acids is 1. The van der Waals surface area contributed by atoms with Gasteiger partial charge in [-0.05, 0) is 43.5 Å². The maximum atomic E-state index is 12.2. The van der Waals surface area contributed by atoms with E-state index in [1.165, 1.54) is 4.88 Å². The Morgan fingerprint density at radius 1 is 1.11 bits per heavy atom. The summed E-state index contributed by atoms with van der Waals surface area (Å²) < 4.78 is 0. The fourth-order valence-electron chi connectivity index (χ4n) is 3.03. The lowest BCUT2D eigenvalue weighted by atomic mass is 10.1. The minimum absolute atomic E-state index is 0.00545. The number of unbranched alkanes of at least 4 members (excludes halogenated alkanes) is 2. The second kappa shape index (κ2) is 9.64. The fraction of sp³-hybridized carbons (Fsp3) is 0.409. The van der Waals surface area contributed by atoms with E-state index < -0.39 is 0 Å². The summed E-state index contributed by atoms with van der Waals surface area (Å²) in [7, 11) is 0. The summed E-state index contributed by atoms with van der Waals surface area (Å²) in [6, 6.07) is 9.92. The van der Waals surface area contributed by atoms with E-state index in [0.29, 0.717) is 12.1 Å². The van der Waals surface area contributed by atoms with Crippen molar-refractivity contribution in [2.24, 2.45) is 0 Å². The van der Waals surface area contributed by atoms with E-state index in [-0.39, 0.29) is 5.91 Å². The molecule has 6 heteroatoms. The van der Waals surface area contributed by atoms with Gasteiger partial charge in [0, 0.05) is 23.5 Å². The first-order valence-electron chi connectivity index (χ1n) is 9.98. The molecule has 0 saturated heterocycles. The number of anilines is 1. The van der Waals surface area contributed by atoms with Crippen LogP contribution in [0.5, 0.6) is 0 Å². The standard InChI is InChI=1S/C22H28N4OS/c1-4-6-7-12-23-21(27)17-10-8-16(9-11-17)14-24-20-19-13-18(5-2)28-22(19)26-15(3)25-20/h8-11,13H,4-7,12,14H2,1-3H3,(H,23,27)(H,24,25,26). The largest absolute Gasteiger partial charge is 0.365 e. The Morgan fingerprint density at radius 2 is 1.89 bits per heavy atom. The average molecular weight is 397 g/mol. The summed E-state index contributed by atoms with van der Waals surface area (Å²) in [6.45, 7) is 7.62. The molecule has 1 aromatic carbocycles. The Labute approximate surface area is 170 Å². The molecule has 0 unspecified atom stereocenters. The zero-order valence-corrected chi connectivity index (χ0v) is 17.7. The normalized spacial score (nSPS) is 11.0. The van der Waals surface area contributed by atoms with Crippen molar-refractivity contribution in [2.75, 3.05) is 11.9 Å². The minimum atomic E-state index is -0.00545. The molecule has 1 amide bonds. The quantitative estimate of drug-likeness (QED) is 0.494. The molecule has 0 fully saturated rings. The molecule has 3 rings (SSSR count). The molecule has 0 aliphatic heterocycles. The number of hydrogen-bond acceptors (Lipinski definition) is 5. The van der Waals surface area contributed by atoms with Crippen molar-refractivity contribution in [3.8, 4) is 0 Å². The number of aromatic nitrogens is 2. The Bertz CT molecular complexity index is 934. The summed E-state index contributed by atoms with van der Waals surface area (Å²) in [5.41, 5.74) is 1.81. The smallest absolute Gasteiger partial charge is 0.251 e. The third-order valence-electron chi connectivity index (χ3n) is 4.65. The Balaban J connectivity index is 1.63. The van der Waals surface area contributed by atoms with Crippen molar-refractivity contribution < 1.29 is 4.79 Å². The Hall–Kier alpha value is -2.47. The highest BCUT2D eigenvalue weighted by atomic mass is 32.1. The van der Waals surface area contributed by atoms with Crippen molar-refractivity contribution in [2.45, 2.75) is 53.0 Å². The van der Waals surface area contributed by atoms with E-state index in [0.717, 1.165) is 59.7 Å². The van der Waals surface area contributed by atoms with Gasteiger partial charge in [0.2, 0.25) is 0 Å². The van der Waals surface area contributed by atoms with Gasteiger partial charge in [0.05, 0.1) is 5.39 Å². The first kappa shape index (κ1) is 20.3. The molecule has 0 spiro atoms. The van der Waals surface area contributed by atoms with Gasteiger partial charge in [-0.15, -0.1) is 11.3 Å². The predicted molar refractivity (Wildman–Crippen MR) is 117 cm³/mol. The average Bonchev–Trinajstić information content (AvgIpc) is 3.12. The van der Waals surface area contributed by atoms with Gasteiger partial charge in [-0.1, -0.05) is 38.8 Å². The number of amides is 1. The highest BCUT2D eigenvalue weighted by molar-refractivity contribution is 7.18. The van der Waals surface area contributed by atoms with Gasteiger partial charge in [-0.25, -0.2) is 9.97 Å². The molecular formula is C22H28N4OS. The molecule has 0 atom stereocenters. The molecule has 148 valence electrons. The highest BCUT2D eigenvalue weighted by Crippen LogP contribution is 2.29. The number of aryl methyl sites for hydroxylation is 2. The molecule has 0 bridgehead atoms. The van der Waals surface area contributed by atoms with Crippen LogP contribution < -0.4 is 10.6 Å². The van der Waals surface area contributed by atoms with Crippen molar-refractivity contribution in [3.05, 3.63) is 52.2 Å². The summed E-state index contributed by atoms with van der Waals surface area (Å²) in [4.78, 5) is 23.6. The third-order valence-corrected chi connectivity index (χ3v) is 5.82. The van der Waals surface area contributed by atoms with Crippen LogP contribution in [0.1, 0.15) is 59.7 Å². The number of nitrogens with one attached hydrogen (secondary N) is 2. The van der Waals surface area contributed by atoms with Crippen LogP contribution in [0, 0.1) is 6.92 Å². The molecule has 2 heterocycles. The van der Waals surface area contributed by atoms with Crippen LogP contribution in [-0.2, 0) is 13.0 Å². The van der Waals surface area contributed by atoms with Crippen LogP contribution in [0.4, 0.5) is 5.82 Å². The number of fused-ring (bicyclic) bond motifs is 1. The summed E-state index contributed by atoms with van der Waals surface area (Å²) in [6.07, 6.45) is 4.33. The Kier molecular flexibility index (Phi) is 6.98. The van der Waals surface area contributed by atoms with Crippen molar-refractivity contribution in [3.63, 3.8) is 0 Å². The van der Waals surface area contributed by atoms with Crippen molar-refractivity contribution in [1.82, 2.24) is 15.3 Å². The number of rotatable bonds is 9. The van der Waals surface area contributed by atoms with E-state index >= 15 is 0 Å². The van der Waals surface area contributed by atoms with Crippen molar-refractivity contribution >= 4 is 33.3 Å². The summed E-state index contributed by atoms with van der Waals surface area (Å²) >= 11 is 1.73. The van der Waals surface area contributed by atoms with Crippen LogP contribution >= 0.6 is 11.3 Å². The van der Waals surface area contributed by atoms with Crippen LogP contribution in [0.2, 0.25) is 0 Å². The number of benzene rings is 1. The highest BCUT2D eigenvalue weighted by Gasteiger charge is 2.10. The lowest BCUT2D eigenvalue weighted by Crippen LogP contribution is -2.24. The molecule has 0 aliphatic rings. The zero-order valence-electron chi connectivity index (χ0n) is 16.8. The maximum Gasteiger partial charge on any atom is 0.251 e. The molecule has 0 aliphatic carbocycles. The monoisotopic (exact) mass is 396 g/mol. The molecule has 0 saturated carbocycles. The third kappa shape index (κ3) is 5.07. The molecular weight excluding hydrogens is 368 g/mol. The zero-order chi connectivity index (χ0) is 19.9. The predicted octanol–water partition coefficient (Wildman–Crippen LogP) is 5.09.